The number of anilines is 1. The Kier molecular flexibility index (Phi) is 5.31. The number of carboxylic acid groups (broad SMARTS) is 1. The number of thioether (sulfide) groups is 1. The molecule has 0 aromatic heterocycles. The number of para-hydroxylation sites is 2. The Balaban J connectivity index is 2.63. The predicted octanol–water partition coefficient (Wildman–Crippen LogP) is 1.74. The molecule has 0 heterocycles. The quantitative estimate of drug-likeness (QED) is 0.608. The highest BCUT2D eigenvalue weighted by Crippen LogP contribution is 2.23. The van der Waals surface area contributed by atoms with E-state index in [2.05, 4.69) is 5.32 Å². The van der Waals surface area contributed by atoms with Gasteiger partial charge in [-0.1, -0.05) is 12.1 Å². The van der Waals surface area contributed by atoms with Gasteiger partial charge in [-0.15, -0.1) is 11.8 Å². The van der Waals surface area contributed by atoms with Gasteiger partial charge in [-0.3, -0.25) is 19.7 Å². The normalized spacial score (nSPS) is 11.6. The zero-order valence-electron chi connectivity index (χ0n) is 10.0. The lowest BCUT2D eigenvalue weighted by molar-refractivity contribution is -0.383. The summed E-state index contributed by atoms with van der Waals surface area (Å²) in [5, 5.41) is 21.1. The average Bonchev–Trinajstić information content (AvgIpc) is 2.36. The van der Waals surface area contributed by atoms with E-state index in [-0.39, 0.29) is 17.1 Å². The summed E-state index contributed by atoms with van der Waals surface area (Å²) in [6.07, 6.45) is 0. The number of carbonyl (C=O) groups excluding carboxylic acids is 1. The van der Waals surface area contributed by atoms with Gasteiger partial charge in [0, 0.05) is 6.07 Å². The van der Waals surface area contributed by atoms with Gasteiger partial charge in [-0.25, -0.2) is 0 Å². The molecule has 19 heavy (non-hydrogen) atoms. The largest absolute Gasteiger partial charge is 0.480 e. The van der Waals surface area contributed by atoms with Gasteiger partial charge < -0.3 is 10.4 Å². The molecular formula is C11H12N2O5S. The minimum atomic E-state index is -1.01. The molecule has 0 saturated heterocycles. The van der Waals surface area contributed by atoms with Crippen LogP contribution in [0.25, 0.3) is 0 Å². The molecule has 1 rings (SSSR count). The third-order valence-electron chi connectivity index (χ3n) is 2.19. The standard InChI is InChI=1S/C11H12N2O5S/c1-7(11(15)16)19-6-10(14)12-8-4-2-3-5-9(8)13(17)18/h2-5,7H,6H2,1H3,(H,12,14)(H,15,16). The van der Waals surface area contributed by atoms with Gasteiger partial charge in [-0.05, 0) is 13.0 Å². The van der Waals surface area contributed by atoms with Crippen LogP contribution in [0.5, 0.6) is 0 Å². The fraction of sp³-hybridized carbons (Fsp3) is 0.273. The van der Waals surface area contributed by atoms with Crippen LogP contribution in [0, 0.1) is 10.1 Å². The Hall–Kier alpha value is -2.09. The van der Waals surface area contributed by atoms with Crippen LogP contribution in [-0.4, -0.2) is 32.9 Å². The van der Waals surface area contributed by atoms with Gasteiger partial charge in [0.2, 0.25) is 5.91 Å². The Morgan fingerprint density at radius 2 is 2.11 bits per heavy atom. The second-order valence-electron chi connectivity index (χ2n) is 3.61. The summed E-state index contributed by atoms with van der Waals surface area (Å²) in [5.74, 6) is -1.57. The molecule has 0 aliphatic rings. The minimum absolute atomic E-state index is 0.0838. The van der Waals surface area contributed by atoms with Crippen LogP contribution in [0.2, 0.25) is 0 Å². The number of benzene rings is 1. The van der Waals surface area contributed by atoms with Crippen molar-refractivity contribution in [1.82, 2.24) is 0 Å². The number of nitrogens with zero attached hydrogens (tertiary/aromatic N) is 1. The van der Waals surface area contributed by atoms with Crippen LogP contribution in [0.1, 0.15) is 6.92 Å². The number of amides is 1. The highest BCUT2D eigenvalue weighted by atomic mass is 32.2. The minimum Gasteiger partial charge on any atom is -0.480 e. The van der Waals surface area contributed by atoms with Crippen LogP contribution in [0.4, 0.5) is 11.4 Å². The molecule has 0 bridgehead atoms. The van der Waals surface area contributed by atoms with Gasteiger partial charge in [0.25, 0.3) is 5.69 Å². The third kappa shape index (κ3) is 4.59. The molecule has 0 aliphatic heterocycles. The molecule has 0 saturated carbocycles. The number of aliphatic carboxylic acids is 1. The number of hydrogen-bond acceptors (Lipinski definition) is 5. The van der Waals surface area contributed by atoms with E-state index in [0.29, 0.717) is 0 Å². The van der Waals surface area contributed by atoms with Gasteiger partial charge in [0.15, 0.2) is 0 Å². The molecule has 1 aromatic carbocycles. The Bertz CT molecular complexity index is 506. The lowest BCUT2D eigenvalue weighted by Crippen LogP contribution is -2.19. The molecule has 1 unspecified atom stereocenters. The van der Waals surface area contributed by atoms with Crippen LogP contribution in [0.15, 0.2) is 24.3 Å². The van der Waals surface area contributed by atoms with Crippen molar-refractivity contribution in [3.8, 4) is 0 Å². The molecule has 1 aromatic rings. The first-order valence-electron chi connectivity index (χ1n) is 5.29. The zero-order valence-corrected chi connectivity index (χ0v) is 10.8. The maximum atomic E-state index is 11.6. The van der Waals surface area contributed by atoms with E-state index < -0.39 is 22.0 Å². The SMILES string of the molecule is CC(SCC(=O)Nc1ccccc1[N+](=O)[O-])C(=O)O. The van der Waals surface area contributed by atoms with Crippen LogP contribution >= 0.6 is 11.8 Å². The fourth-order valence-electron chi connectivity index (χ4n) is 1.20. The number of nitrogens with one attached hydrogen (secondary N) is 1. The maximum absolute atomic E-state index is 11.6. The summed E-state index contributed by atoms with van der Waals surface area (Å²) in [6.45, 7) is 1.46. The van der Waals surface area contributed by atoms with Crippen LogP contribution in [0.3, 0.4) is 0 Å². The summed E-state index contributed by atoms with van der Waals surface area (Å²) in [5.41, 5.74) is -0.104. The molecule has 0 spiro atoms. The summed E-state index contributed by atoms with van der Waals surface area (Å²) >= 11 is 0.945. The summed E-state index contributed by atoms with van der Waals surface area (Å²) in [6, 6.07) is 5.76. The summed E-state index contributed by atoms with van der Waals surface area (Å²) < 4.78 is 0. The zero-order chi connectivity index (χ0) is 14.4. The number of hydrogen-bond donors (Lipinski definition) is 2. The average molecular weight is 284 g/mol. The lowest BCUT2D eigenvalue weighted by Gasteiger charge is -2.07. The van der Waals surface area contributed by atoms with Crippen molar-refractivity contribution in [2.75, 3.05) is 11.1 Å². The van der Waals surface area contributed by atoms with Gasteiger partial charge in [-0.2, -0.15) is 0 Å². The number of nitro groups is 1. The first-order valence-corrected chi connectivity index (χ1v) is 6.34. The number of rotatable bonds is 6. The van der Waals surface area contributed by atoms with E-state index >= 15 is 0 Å². The van der Waals surface area contributed by atoms with E-state index in [1.54, 1.807) is 6.07 Å². The van der Waals surface area contributed by atoms with Crippen molar-refractivity contribution in [2.45, 2.75) is 12.2 Å². The number of carbonyl (C=O) groups is 2. The first-order chi connectivity index (χ1) is 8.91. The van der Waals surface area contributed by atoms with Gasteiger partial charge in [0.05, 0.1) is 15.9 Å². The predicted molar refractivity (Wildman–Crippen MR) is 71.3 cm³/mol. The van der Waals surface area contributed by atoms with E-state index in [4.69, 9.17) is 5.11 Å². The summed E-state index contributed by atoms with van der Waals surface area (Å²) in [7, 11) is 0. The van der Waals surface area contributed by atoms with Crippen molar-refractivity contribution in [3.05, 3.63) is 34.4 Å². The highest BCUT2D eigenvalue weighted by molar-refractivity contribution is 8.01. The van der Waals surface area contributed by atoms with Crippen molar-refractivity contribution in [2.24, 2.45) is 0 Å². The van der Waals surface area contributed by atoms with Crippen molar-refractivity contribution in [1.29, 1.82) is 0 Å². The molecule has 1 amide bonds. The van der Waals surface area contributed by atoms with Crippen LogP contribution < -0.4 is 5.32 Å². The van der Waals surface area contributed by atoms with Gasteiger partial charge in [0.1, 0.15) is 5.69 Å². The number of nitro benzene ring substituents is 1. The van der Waals surface area contributed by atoms with Gasteiger partial charge >= 0.3 is 5.97 Å². The van der Waals surface area contributed by atoms with E-state index in [1.165, 1.54) is 25.1 Å². The monoisotopic (exact) mass is 284 g/mol. The Morgan fingerprint density at radius 1 is 1.47 bits per heavy atom. The summed E-state index contributed by atoms with van der Waals surface area (Å²) in [4.78, 5) is 32.3. The van der Waals surface area contributed by atoms with Crippen molar-refractivity contribution >= 4 is 35.0 Å². The molecule has 8 heteroatoms. The van der Waals surface area contributed by atoms with E-state index in [1.807, 2.05) is 0 Å². The molecule has 7 nitrogen and oxygen atoms in total. The molecule has 0 fully saturated rings. The van der Waals surface area contributed by atoms with Crippen molar-refractivity contribution < 1.29 is 19.6 Å². The van der Waals surface area contributed by atoms with E-state index in [9.17, 15) is 19.7 Å². The Morgan fingerprint density at radius 3 is 2.68 bits per heavy atom. The molecule has 2 N–H and O–H groups in total. The topological polar surface area (TPSA) is 110 Å². The molecule has 0 aliphatic carbocycles. The molecule has 1 atom stereocenters. The smallest absolute Gasteiger partial charge is 0.316 e. The second-order valence-corrected chi connectivity index (χ2v) is 4.94. The molecule has 102 valence electrons. The fourth-order valence-corrected chi connectivity index (χ4v) is 1.81. The van der Waals surface area contributed by atoms with E-state index in [0.717, 1.165) is 11.8 Å². The highest BCUT2D eigenvalue weighted by Gasteiger charge is 2.17. The molecule has 0 radical (unpaired) electrons. The lowest BCUT2D eigenvalue weighted by atomic mass is 10.2. The first kappa shape index (κ1) is 15.0. The number of carboxylic acids is 1. The second kappa shape index (κ2) is 6.74. The Labute approximate surface area is 113 Å². The maximum Gasteiger partial charge on any atom is 0.316 e. The molecular weight excluding hydrogens is 272 g/mol. The van der Waals surface area contributed by atoms with Crippen molar-refractivity contribution in [3.63, 3.8) is 0 Å². The third-order valence-corrected chi connectivity index (χ3v) is 3.32. The van der Waals surface area contributed by atoms with Crippen LogP contribution in [-0.2, 0) is 9.59 Å².